The fraction of sp³-hybridized carbons (Fsp3) is 0.455. The van der Waals surface area contributed by atoms with Gasteiger partial charge >= 0.3 is 6.03 Å². The molecule has 158 valence electrons. The molecule has 0 aliphatic carbocycles. The second kappa shape index (κ2) is 8.30. The second-order valence-electron chi connectivity index (χ2n) is 8.16. The van der Waals surface area contributed by atoms with Gasteiger partial charge in [0.15, 0.2) is 0 Å². The van der Waals surface area contributed by atoms with E-state index in [0.717, 1.165) is 56.0 Å². The average Bonchev–Trinajstić information content (AvgIpc) is 2.77. The fourth-order valence-corrected chi connectivity index (χ4v) is 4.34. The molecule has 1 saturated heterocycles. The Morgan fingerprint density at radius 3 is 2.80 bits per heavy atom. The number of piperidine rings is 1. The highest BCUT2D eigenvalue weighted by molar-refractivity contribution is 5.94. The van der Waals surface area contributed by atoms with Gasteiger partial charge < -0.3 is 15.1 Å². The summed E-state index contributed by atoms with van der Waals surface area (Å²) in [5, 5.41) is 10.7. The number of anilines is 2. The Labute approximate surface area is 176 Å². The summed E-state index contributed by atoms with van der Waals surface area (Å²) >= 11 is 0. The normalized spacial score (nSPS) is 18.7. The van der Waals surface area contributed by atoms with Crippen LogP contribution >= 0.6 is 0 Å². The third-order valence-electron chi connectivity index (χ3n) is 5.90. The van der Waals surface area contributed by atoms with Crippen molar-refractivity contribution in [3.8, 4) is 0 Å². The van der Waals surface area contributed by atoms with Crippen molar-refractivity contribution in [2.24, 2.45) is 5.92 Å². The van der Waals surface area contributed by atoms with E-state index in [4.69, 9.17) is 5.41 Å². The second-order valence-corrected chi connectivity index (χ2v) is 8.16. The topological polar surface area (TPSA) is 94.3 Å². The number of nitrogens with one attached hydrogen (secondary N) is 2. The summed E-state index contributed by atoms with van der Waals surface area (Å²) in [7, 11) is 1.54. The van der Waals surface area contributed by atoms with Crippen LogP contribution in [0.2, 0.25) is 0 Å². The number of hydrogen-bond donors (Lipinski definition) is 2. The van der Waals surface area contributed by atoms with Gasteiger partial charge in [-0.25, -0.2) is 9.78 Å². The first-order valence-electron chi connectivity index (χ1n) is 10.5. The van der Waals surface area contributed by atoms with E-state index < -0.39 is 0 Å². The van der Waals surface area contributed by atoms with Crippen molar-refractivity contribution in [1.29, 1.82) is 5.41 Å². The van der Waals surface area contributed by atoms with Crippen LogP contribution in [0.15, 0.2) is 30.6 Å². The largest absolute Gasteiger partial charge is 0.340 e. The van der Waals surface area contributed by atoms with Crippen molar-refractivity contribution in [3.05, 3.63) is 47.2 Å². The molecule has 8 nitrogen and oxygen atoms in total. The molecule has 0 spiro atoms. The minimum absolute atomic E-state index is 0.0637. The summed E-state index contributed by atoms with van der Waals surface area (Å²) in [5.74, 6) is 1.43. The molecule has 2 aromatic heterocycles. The lowest BCUT2D eigenvalue weighted by molar-refractivity contribution is 0.0682. The van der Waals surface area contributed by atoms with E-state index in [9.17, 15) is 9.59 Å². The molecule has 4 rings (SSSR count). The number of likely N-dealkylation sites (tertiary alicyclic amines) is 1. The van der Waals surface area contributed by atoms with Crippen LogP contribution in [-0.2, 0) is 6.42 Å². The van der Waals surface area contributed by atoms with E-state index >= 15 is 0 Å². The predicted octanol–water partition coefficient (Wildman–Crippen LogP) is 2.51. The molecule has 0 bridgehead atoms. The number of pyridine rings is 2. The SMILES string of the molecule is CNC(=O)n1ccc(N2CCCc3cc(C(=O)N4CCCC(C)C4)cnc32)cc1=N. The number of nitrogens with zero attached hydrogens (tertiary/aromatic N) is 4. The van der Waals surface area contributed by atoms with Gasteiger partial charge in [0.1, 0.15) is 11.3 Å². The minimum Gasteiger partial charge on any atom is -0.340 e. The maximum Gasteiger partial charge on any atom is 0.326 e. The maximum absolute atomic E-state index is 13.0. The van der Waals surface area contributed by atoms with Crippen molar-refractivity contribution in [1.82, 2.24) is 19.8 Å². The highest BCUT2D eigenvalue weighted by Crippen LogP contribution is 2.32. The number of fused-ring (bicyclic) bond motifs is 1. The van der Waals surface area contributed by atoms with Crippen molar-refractivity contribution < 1.29 is 9.59 Å². The van der Waals surface area contributed by atoms with Crippen LogP contribution in [-0.4, -0.2) is 53.1 Å². The Bertz CT molecular complexity index is 1030. The number of aromatic nitrogens is 2. The highest BCUT2D eigenvalue weighted by Gasteiger charge is 2.25. The summed E-state index contributed by atoms with van der Waals surface area (Å²) in [5.41, 5.74) is 2.62. The van der Waals surface area contributed by atoms with Crippen LogP contribution in [0.3, 0.4) is 0 Å². The van der Waals surface area contributed by atoms with E-state index in [1.165, 1.54) is 18.0 Å². The van der Waals surface area contributed by atoms with Crippen molar-refractivity contribution in [2.45, 2.75) is 32.6 Å². The van der Waals surface area contributed by atoms with E-state index in [1.807, 2.05) is 17.0 Å². The number of carbonyl (C=O) groups is 2. The van der Waals surface area contributed by atoms with E-state index in [0.29, 0.717) is 11.5 Å². The van der Waals surface area contributed by atoms with Crippen molar-refractivity contribution >= 4 is 23.4 Å². The van der Waals surface area contributed by atoms with Gasteiger partial charge in [0.05, 0.1) is 5.56 Å². The van der Waals surface area contributed by atoms with Gasteiger partial charge in [-0.2, -0.15) is 0 Å². The summed E-state index contributed by atoms with van der Waals surface area (Å²) in [6.07, 6.45) is 7.31. The van der Waals surface area contributed by atoms with Gasteiger partial charge in [0, 0.05) is 50.8 Å². The van der Waals surface area contributed by atoms with Crippen molar-refractivity contribution in [3.63, 3.8) is 0 Å². The summed E-state index contributed by atoms with van der Waals surface area (Å²) in [4.78, 5) is 33.5. The van der Waals surface area contributed by atoms with E-state index in [1.54, 1.807) is 18.5 Å². The lowest BCUT2D eigenvalue weighted by Crippen LogP contribution is -2.39. The molecule has 2 aliphatic rings. The zero-order valence-electron chi connectivity index (χ0n) is 17.5. The van der Waals surface area contributed by atoms with Gasteiger partial charge in [-0.1, -0.05) is 6.92 Å². The number of carbonyl (C=O) groups excluding carboxylic acids is 2. The standard InChI is InChI=1S/C22H28N6O2/c1-15-5-3-8-26(14-15)21(29)17-11-16-6-4-9-27(20(16)25-13-17)18-7-10-28(19(23)12-18)22(30)24-2/h7,10-13,15,23H,3-6,8-9,14H2,1-2H3,(H,24,30). The number of hydrogen-bond acceptors (Lipinski definition) is 5. The Hall–Kier alpha value is -3.16. The first kappa shape index (κ1) is 20.1. The van der Waals surface area contributed by atoms with Gasteiger partial charge in [0.2, 0.25) is 0 Å². The van der Waals surface area contributed by atoms with Crippen LogP contribution in [0, 0.1) is 11.3 Å². The average molecular weight is 409 g/mol. The molecule has 0 aromatic carbocycles. The summed E-state index contributed by atoms with van der Waals surface area (Å²) in [6, 6.07) is 5.11. The van der Waals surface area contributed by atoms with Gasteiger partial charge in [-0.15, -0.1) is 0 Å². The zero-order chi connectivity index (χ0) is 21.3. The minimum atomic E-state index is -0.348. The smallest absolute Gasteiger partial charge is 0.326 e. The molecular formula is C22H28N6O2. The number of amides is 2. The zero-order valence-corrected chi connectivity index (χ0v) is 17.5. The summed E-state index contributed by atoms with van der Waals surface area (Å²) < 4.78 is 1.25. The monoisotopic (exact) mass is 408 g/mol. The molecule has 2 aliphatic heterocycles. The van der Waals surface area contributed by atoms with E-state index in [2.05, 4.69) is 22.1 Å². The maximum atomic E-state index is 13.0. The Morgan fingerprint density at radius 2 is 2.07 bits per heavy atom. The lowest BCUT2D eigenvalue weighted by atomic mass is 9.99. The Morgan fingerprint density at radius 1 is 1.23 bits per heavy atom. The number of aryl methyl sites for hydroxylation is 1. The quantitative estimate of drug-likeness (QED) is 0.798. The number of rotatable bonds is 2. The van der Waals surface area contributed by atoms with Crippen LogP contribution in [0.5, 0.6) is 0 Å². The third-order valence-corrected chi connectivity index (χ3v) is 5.90. The molecular weight excluding hydrogens is 380 g/mol. The fourth-order valence-electron chi connectivity index (χ4n) is 4.34. The van der Waals surface area contributed by atoms with Crippen LogP contribution in [0.1, 0.15) is 42.1 Å². The summed E-state index contributed by atoms with van der Waals surface area (Å²) in [6.45, 7) is 4.59. The molecule has 2 aromatic rings. The molecule has 1 unspecified atom stereocenters. The van der Waals surface area contributed by atoms with Gasteiger partial charge in [-0.3, -0.25) is 14.8 Å². The molecule has 1 atom stereocenters. The van der Waals surface area contributed by atoms with Gasteiger partial charge in [0.25, 0.3) is 5.91 Å². The van der Waals surface area contributed by atoms with Crippen LogP contribution < -0.4 is 15.7 Å². The molecule has 8 heteroatoms. The molecule has 4 heterocycles. The highest BCUT2D eigenvalue weighted by atomic mass is 16.2. The first-order valence-corrected chi connectivity index (χ1v) is 10.5. The molecule has 0 radical (unpaired) electrons. The Kier molecular flexibility index (Phi) is 5.57. The molecule has 2 amide bonds. The third kappa shape index (κ3) is 3.81. The Balaban J connectivity index is 1.61. The molecule has 30 heavy (non-hydrogen) atoms. The lowest BCUT2D eigenvalue weighted by Gasteiger charge is -2.32. The predicted molar refractivity (Wildman–Crippen MR) is 114 cm³/mol. The molecule has 0 saturated carbocycles. The first-order chi connectivity index (χ1) is 14.5. The molecule has 2 N–H and O–H groups in total. The van der Waals surface area contributed by atoms with Crippen LogP contribution in [0.25, 0.3) is 0 Å². The van der Waals surface area contributed by atoms with Crippen molar-refractivity contribution in [2.75, 3.05) is 31.6 Å². The van der Waals surface area contributed by atoms with Crippen LogP contribution in [0.4, 0.5) is 16.3 Å². The van der Waals surface area contributed by atoms with E-state index in [-0.39, 0.29) is 17.4 Å². The molecule has 1 fully saturated rings. The van der Waals surface area contributed by atoms with Gasteiger partial charge in [-0.05, 0) is 49.3 Å².